The summed E-state index contributed by atoms with van der Waals surface area (Å²) in [5.74, 6) is -0.388. The summed E-state index contributed by atoms with van der Waals surface area (Å²) < 4.78 is 82.9. The van der Waals surface area contributed by atoms with Gasteiger partial charge in [-0.15, -0.1) is 0 Å². The van der Waals surface area contributed by atoms with Crippen LogP contribution in [0.2, 0.25) is 10.0 Å². The van der Waals surface area contributed by atoms with Crippen LogP contribution in [0.5, 0.6) is 23.0 Å². The van der Waals surface area contributed by atoms with Crippen molar-refractivity contribution in [3.05, 3.63) is 94.0 Å². The Bertz CT molecular complexity index is 1370. The molecule has 37 heavy (non-hydrogen) atoms. The summed E-state index contributed by atoms with van der Waals surface area (Å²) in [6.07, 6.45) is -9.14. The summed E-state index contributed by atoms with van der Waals surface area (Å²) in [7, 11) is 0. The third-order valence-electron chi connectivity index (χ3n) is 5.35. The van der Waals surface area contributed by atoms with Crippen LogP contribution in [0.1, 0.15) is 11.1 Å². The first-order valence-corrected chi connectivity index (χ1v) is 11.1. The Balaban J connectivity index is 1.57. The number of hydrogen-bond acceptors (Lipinski definition) is 3. The lowest BCUT2D eigenvalue weighted by Gasteiger charge is -2.14. The van der Waals surface area contributed by atoms with Crippen LogP contribution in [0.4, 0.5) is 26.3 Å². The second-order valence-corrected chi connectivity index (χ2v) is 8.66. The van der Waals surface area contributed by atoms with Gasteiger partial charge in [-0.05, 0) is 48.5 Å². The van der Waals surface area contributed by atoms with Gasteiger partial charge in [0.2, 0.25) is 0 Å². The van der Waals surface area contributed by atoms with E-state index < -0.39 is 23.5 Å². The SMILES string of the molecule is Oc1cc(Oc2ccc(-c3ccc(C(F)(F)F)cc3Cl)c(O)c2)ccc1-c1ccc(C(F)(F)F)cc1Cl. The van der Waals surface area contributed by atoms with Crippen LogP contribution in [0.15, 0.2) is 72.8 Å². The number of rotatable bonds is 4. The molecule has 3 nitrogen and oxygen atoms in total. The van der Waals surface area contributed by atoms with Gasteiger partial charge in [-0.2, -0.15) is 26.3 Å². The molecule has 2 N–H and O–H groups in total. The second-order valence-electron chi connectivity index (χ2n) is 7.84. The second kappa shape index (κ2) is 9.72. The summed E-state index contributed by atoms with van der Waals surface area (Å²) >= 11 is 12.0. The van der Waals surface area contributed by atoms with Crippen molar-refractivity contribution in [3.8, 4) is 45.3 Å². The van der Waals surface area contributed by atoms with Gasteiger partial charge in [-0.25, -0.2) is 0 Å². The maximum atomic E-state index is 12.9. The Labute approximate surface area is 216 Å². The lowest BCUT2D eigenvalue weighted by atomic mass is 10.0. The monoisotopic (exact) mass is 558 g/mol. The van der Waals surface area contributed by atoms with Crippen molar-refractivity contribution in [1.29, 1.82) is 0 Å². The van der Waals surface area contributed by atoms with Crippen molar-refractivity contribution in [1.82, 2.24) is 0 Å². The molecule has 0 saturated carbocycles. The molecule has 0 radical (unpaired) electrons. The Kier molecular flexibility index (Phi) is 6.96. The fraction of sp³-hybridized carbons (Fsp3) is 0.0769. The van der Waals surface area contributed by atoms with E-state index in [0.29, 0.717) is 0 Å². The van der Waals surface area contributed by atoms with Crippen molar-refractivity contribution in [2.75, 3.05) is 0 Å². The van der Waals surface area contributed by atoms with E-state index in [-0.39, 0.29) is 55.3 Å². The van der Waals surface area contributed by atoms with Gasteiger partial charge in [-0.3, -0.25) is 0 Å². The molecule has 0 spiro atoms. The first-order valence-electron chi connectivity index (χ1n) is 10.3. The number of ether oxygens (including phenoxy) is 1. The Morgan fingerprint density at radius 3 is 1.16 bits per heavy atom. The Morgan fingerprint density at radius 1 is 0.514 bits per heavy atom. The van der Waals surface area contributed by atoms with Crippen LogP contribution in [-0.4, -0.2) is 10.2 Å². The maximum Gasteiger partial charge on any atom is 0.416 e. The molecule has 0 unspecified atom stereocenters. The van der Waals surface area contributed by atoms with Crippen molar-refractivity contribution >= 4 is 23.2 Å². The molecule has 0 aliphatic heterocycles. The van der Waals surface area contributed by atoms with Gasteiger partial charge >= 0.3 is 12.4 Å². The van der Waals surface area contributed by atoms with Crippen LogP contribution in [-0.2, 0) is 12.4 Å². The van der Waals surface area contributed by atoms with Gasteiger partial charge in [0.1, 0.15) is 23.0 Å². The zero-order valence-corrected chi connectivity index (χ0v) is 19.8. The predicted molar refractivity (Wildman–Crippen MR) is 127 cm³/mol. The molecule has 192 valence electrons. The van der Waals surface area contributed by atoms with Gasteiger partial charge in [0, 0.05) is 44.4 Å². The van der Waals surface area contributed by atoms with E-state index in [0.717, 1.165) is 36.4 Å². The van der Waals surface area contributed by atoms with E-state index in [9.17, 15) is 36.6 Å². The summed E-state index contributed by atoms with van der Waals surface area (Å²) in [6, 6.07) is 13.6. The number of phenols is 2. The van der Waals surface area contributed by atoms with Crippen LogP contribution >= 0.6 is 23.2 Å². The highest BCUT2D eigenvalue weighted by molar-refractivity contribution is 6.34. The fourth-order valence-electron chi connectivity index (χ4n) is 3.56. The molecule has 0 aliphatic rings. The van der Waals surface area contributed by atoms with Gasteiger partial charge in [0.15, 0.2) is 0 Å². The summed E-state index contributed by atoms with van der Waals surface area (Å²) in [5, 5.41) is 20.4. The Hall–Kier alpha value is -3.56. The van der Waals surface area contributed by atoms with E-state index >= 15 is 0 Å². The predicted octanol–water partition coefficient (Wildman–Crippen LogP) is 9.57. The summed E-state index contributed by atoms with van der Waals surface area (Å²) in [5.41, 5.74) is -1.17. The quantitative estimate of drug-likeness (QED) is 0.245. The topological polar surface area (TPSA) is 49.7 Å². The van der Waals surface area contributed by atoms with E-state index in [4.69, 9.17) is 27.9 Å². The van der Waals surface area contributed by atoms with Gasteiger partial charge in [-0.1, -0.05) is 35.3 Å². The van der Waals surface area contributed by atoms with Gasteiger partial charge in [0.25, 0.3) is 0 Å². The average molecular weight is 559 g/mol. The molecular weight excluding hydrogens is 545 g/mol. The molecule has 4 aromatic carbocycles. The molecule has 11 heteroatoms. The number of hydrogen-bond donors (Lipinski definition) is 2. The fourth-order valence-corrected chi connectivity index (χ4v) is 4.13. The molecular formula is C26H14Cl2F6O3. The highest BCUT2D eigenvalue weighted by Crippen LogP contribution is 2.42. The van der Waals surface area contributed by atoms with Crippen LogP contribution in [0, 0.1) is 0 Å². The number of aromatic hydroxyl groups is 2. The van der Waals surface area contributed by atoms with Crippen molar-refractivity contribution in [3.63, 3.8) is 0 Å². The minimum Gasteiger partial charge on any atom is -0.507 e. The molecule has 0 bridgehead atoms. The third-order valence-corrected chi connectivity index (χ3v) is 5.97. The first-order chi connectivity index (χ1) is 17.2. The first kappa shape index (κ1) is 26.5. The standard InChI is InChI=1S/C26H14Cl2F6O3/c27-21-9-13(25(29,30)31)1-5-17(21)19-7-3-15(11-23(19)35)37-16-4-8-20(24(36)12-16)18-6-2-14(10-22(18)28)26(32,33)34/h1-12,35-36H. The van der Waals surface area contributed by atoms with E-state index in [1.165, 1.54) is 36.4 Å². The lowest BCUT2D eigenvalue weighted by molar-refractivity contribution is -0.138. The van der Waals surface area contributed by atoms with E-state index in [2.05, 4.69) is 0 Å². The molecule has 4 rings (SSSR count). The molecule has 4 aromatic rings. The minimum atomic E-state index is -4.57. The number of halogens is 8. The lowest BCUT2D eigenvalue weighted by Crippen LogP contribution is -2.04. The van der Waals surface area contributed by atoms with E-state index in [1.54, 1.807) is 0 Å². The maximum absolute atomic E-state index is 12.9. The number of alkyl halides is 6. The summed E-state index contributed by atoms with van der Waals surface area (Å²) in [4.78, 5) is 0. The van der Waals surface area contributed by atoms with Crippen LogP contribution < -0.4 is 4.74 Å². The summed E-state index contributed by atoms with van der Waals surface area (Å²) in [6.45, 7) is 0. The molecule has 0 aromatic heterocycles. The largest absolute Gasteiger partial charge is 0.507 e. The van der Waals surface area contributed by atoms with Crippen molar-refractivity contribution in [2.24, 2.45) is 0 Å². The minimum absolute atomic E-state index is 0.129. The van der Waals surface area contributed by atoms with Gasteiger partial charge < -0.3 is 14.9 Å². The van der Waals surface area contributed by atoms with Crippen molar-refractivity contribution in [2.45, 2.75) is 12.4 Å². The number of benzene rings is 4. The van der Waals surface area contributed by atoms with Gasteiger partial charge in [0.05, 0.1) is 11.1 Å². The molecule has 0 atom stereocenters. The molecule has 0 heterocycles. The van der Waals surface area contributed by atoms with Crippen LogP contribution in [0.25, 0.3) is 22.3 Å². The highest BCUT2D eigenvalue weighted by atomic mass is 35.5. The van der Waals surface area contributed by atoms with Crippen LogP contribution in [0.3, 0.4) is 0 Å². The molecule has 0 aliphatic carbocycles. The normalized spacial score (nSPS) is 12.0. The molecule has 0 fully saturated rings. The zero-order chi connectivity index (χ0) is 27.1. The molecule has 0 saturated heterocycles. The molecule has 0 amide bonds. The highest BCUT2D eigenvalue weighted by Gasteiger charge is 2.32. The number of phenolic OH excluding ortho intramolecular Hbond substituents is 2. The Morgan fingerprint density at radius 2 is 0.865 bits per heavy atom. The van der Waals surface area contributed by atoms with E-state index in [1.807, 2.05) is 0 Å². The third kappa shape index (κ3) is 5.73. The zero-order valence-electron chi connectivity index (χ0n) is 18.3. The average Bonchev–Trinajstić information content (AvgIpc) is 2.79. The smallest absolute Gasteiger partial charge is 0.416 e. The van der Waals surface area contributed by atoms with Crippen molar-refractivity contribution < 1.29 is 41.3 Å².